The van der Waals surface area contributed by atoms with E-state index in [0.29, 0.717) is 37.7 Å². The molecular weight excluding hydrogens is 384 g/mol. The first kappa shape index (κ1) is 19.8. The number of piperazine rings is 1. The second kappa shape index (κ2) is 8.44. The Kier molecular flexibility index (Phi) is 5.56. The molecule has 4 rings (SSSR count). The van der Waals surface area contributed by atoms with Gasteiger partial charge in [0.2, 0.25) is 0 Å². The number of benzene rings is 2. The van der Waals surface area contributed by atoms with Crippen molar-refractivity contribution in [3.63, 3.8) is 0 Å². The van der Waals surface area contributed by atoms with Gasteiger partial charge in [0, 0.05) is 33.2 Å². The number of fused-ring (bicyclic) bond motifs is 1. The lowest BCUT2D eigenvalue weighted by Crippen LogP contribution is -2.51. The molecule has 8 nitrogen and oxygen atoms in total. The standard InChI is InChI=1S/C22H24N4O4/c1-24-19-6-4-3-5-18(19)23-21(22(24)28)26-13-11-25(12-14-26)20(27)15-30-17-9-7-16(29-2)8-10-17/h3-10H,11-15H2,1-2H3. The number of carbonyl (C=O) groups excluding carboxylic acids is 1. The first-order valence-corrected chi connectivity index (χ1v) is 9.82. The van der Waals surface area contributed by atoms with Crippen molar-refractivity contribution in [2.24, 2.45) is 7.05 Å². The molecule has 2 heterocycles. The number of aromatic nitrogens is 2. The van der Waals surface area contributed by atoms with Crippen LogP contribution in [0.2, 0.25) is 0 Å². The largest absolute Gasteiger partial charge is 0.497 e. The fourth-order valence-corrected chi connectivity index (χ4v) is 3.55. The maximum atomic E-state index is 12.8. The number of amides is 1. The normalized spacial score (nSPS) is 14.1. The third kappa shape index (κ3) is 3.94. The number of hydrogen-bond donors (Lipinski definition) is 0. The fraction of sp³-hybridized carbons (Fsp3) is 0.318. The van der Waals surface area contributed by atoms with Crippen molar-refractivity contribution in [2.45, 2.75) is 0 Å². The number of methoxy groups -OCH3 is 1. The van der Waals surface area contributed by atoms with Crippen LogP contribution >= 0.6 is 0 Å². The minimum atomic E-state index is -0.128. The van der Waals surface area contributed by atoms with Crippen molar-refractivity contribution in [1.82, 2.24) is 14.5 Å². The Hall–Kier alpha value is -3.55. The quantitative estimate of drug-likeness (QED) is 0.639. The van der Waals surface area contributed by atoms with Crippen molar-refractivity contribution in [3.8, 4) is 11.5 Å². The third-order valence-electron chi connectivity index (χ3n) is 5.32. The Labute approximate surface area is 174 Å². The third-order valence-corrected chi connectivity index (χ3v) is 5.32. The molecule has 0 aliphatic carbocycles. The Bertz CT molecular complexity index is 1100. The van der Waals surface area contributed by atoms with Gasteiger partial charge < -0.3 is 23.8 Å². The molecule has 1 amide bonds. The lowest BCUT2D eigenvalue weighted by Gasteiger charge is -2.35. The molecule has 1 saturated heterocycles. The van der Waals surface area contributed by atoms with E-state index in [4.69, 9.17) is 9.47 Å². The molecule has 8 heteroatoms. The van der Waals surface area contributed by atoms with Crippen LogP contribution in [0.15, 0.2) is 53.3 Å². The molecule has 156 valence electrons. The van der Waals surface area contributed by atoms with Crippen molar-refractivity contribution < 1.29 is 14.3 Å². The molecule has 3 aromatic rings. The van der Waals surface area contributed by atoms with E-state index < -0.39 is 0 Å². The summed E-state index contributed by atoms with van der Waals surface area (Å²) < 4.78 is 12.3. The van der Waals surface area contributed by atoms with Gasteiger partial charge in [-0.15, -0.1) is 0 Å². The topological polar surface area (TPSA) is 76.9 Å². The summed E-state index contributed by atoms with van der Waals surface area (Å²) in [5.41, 5.74) is 1.45. The minimum absolute atomic E-state index is 0.0255. The molecule has 0 bridgehead atoms. The summed E-state index contributed by atoms with van der Waals surface area (Å²) >= 11 is 0. The smallest absolute Gasteiger partial charge is 0.293 e. The average Bonchev–Trinajstić information content (AvgIpc) is 2.80. The van der Waals surface area contributed by atoms with E-state index in [1.807, 2.05) is 29.2 Å². The zero-order valence-electron chi connectivity index (χ0n) is 17.1. The van der Waals surface area contributed by atoms with E-state index in [1.54, 1.807) is 47.9 Å². The summed E-state index contributed by atoms with van der Waals surface area (Å²) in [5.74, 6) is 1.70. The number of nitrogens with zero attached hydrogens (tertiary/aromatic N) is 4. The zero-order valence-corrected chi connectivity index (χ0v) is 17.1. The van der Waals surface area contributed by atoms with Crippen LogP contribution in [0.3, 0.4) is 0 Å². The van der Waals surface area contributed by atoms with Crippen LogP contribution in [0.1, 0.15) is 0 Å². The number of para-hydroxylation sites is 2. The molecule has 0 saturated carbocycles. The number of anilines is 1. The molecule has 0 radical (unpaired) electrons. The van der Waals surface area contributed by atoms with E-state index in [2.05, 4.69) is 4.98 Å². The molecule has 1 fully saturated rings. The summed E-state index contributed by atoms with van der Waals surface area (Å²) in [6.07, 6.45) is 0. The lowest BCUT2D eigenvalue weighted by atomic mass is 10.2. The maximum Gasteiger partial charge on any atom is 0.293 e. The second-order valence-electron chi connectivity index (χ2n) is 7.12. The molecule has 2 aromatic carbocycles. The highest BCUT2D eigenvalue weighted by Crippen LogP contribution is 2.18. The summed E-state index contributed by atoms with van der Waals surface area (Å²) in [6.45, 7) is 2.11. The van der Waals surface area contributed by atoms with Gasteiger partial charge in [0.1, 0.15) is 11.5 Å². The second-order valence-corrected chi connectivity index (χ2v) is 7.12. The van der Waals surface area contributed by atoms with E-state index in [0.717, 1.165) is 16.8 Å². The van der Waals surface area contributed by atoms with Gasteiger partial charge in [-0.3, -0.25) is 9.59 Å². The predicted molar refractivity (Wildman–Crippen MR) is 114 cm³/mol. The molecule has 0 N–H and O–H groups in total. The van der Waals surface area contributed by atoms with Gasteiger partial charge in [-0.05, 0) is 36.4 Å². The van der Waals surface area contributed by atoms with Crippen LogP contribution in [-0.4, -0.2) is 60.3 Å². The van der Waals surface area contributed by atoms with Crippen molar-refractivity contribution in [3.05, 3.63) is 58.9 Å². The van der Waals surface area contributed by atoms with Crippen LogP contribution in [0.25, 0.3) is 11.0 Å². The van der Waals surface area contributed by atoms with E-state index >= 15 is 0 Å². The number of aryl methyl sites for hydroxylation is 1. The molecular formula is C22H24N4O4. The van der Waals surface area contributed by atoms with Crippen LogP contribution in [-0.2, 0) is 11.8 Å². The van der Waals surface area contributed by atoms with E-state index in [1.165, 1.54) is 0 Å². The summed E-state index contributed by atoms with van der Waals surface area (Å²) in [4.78, 5) is 33.5. The number of ether oxygens (including phenoxy) is 2. The molecule has 30 heavy (non-hydrogen) atoms. The van der Waals surface area contributed by atoms with Crippen LogP contribution in [0, 0.1) is 0 Å². The van der Waals surface area contributed by atoms with E-state index in [-0.39, 0.29) is 18.1 Å². The number of hydrogen-bond acceptors (Lipinski definition) is 6. The Morgan fingerprint density at radius 1 is 1.00 bits per heavy atom. The van der Waals surface area contributed by atoms with Crippen molar-refractivity contribution in [1.29, 1.82) is 0 Å². The Balaban J connectivity index is 1.37. The molecule has 0 spiro atoms. The first-order chi connectivity index (χ1) is 14.6. The van der Waals surface area contributed by atoms with E-state index in [9.17, 15) is 9.59 Å². The van der Waals surface area contributed by atoms with Crippen molar-refractivity contribution >= 4 is 22.8 Å². The molecule has 0 unspecified atom stereocenters. The van der Waals surface area contributed by atoms with Crippen LogP contribution in [0.5, 0.6) is 11.5 Å². The zero-order chi connectivity index (χ0) is 21.1. The highest BCUT2D eigenvalue weighted by molar-refractivity contribution is 5.78. The van der Waals surface area contributed by atoms with Crippen molar-refractivity contribution in [2.75, 3.05) is 44.8 Å². The summed E-state index contributed by atoms with van der Waals surface area (Å²) in [5, 5.41) is 0. The fourth-order valence-electron chi connectivity index (χ4n) is 3.55. The number of rotatable bonds is 5. The van der Waals surface area contributed by atoms with Crippen LogP contribution in [0.4, 0.5) is 5.82 Å². The highest BCUT2D eigenvalue weighted by Gasteiger charge is 2.24. The SMILES string of the molecule is COc1ccc(OCC(=O)N2CCN(c3nc4ccccc4n(C)c3=O)CC2)cc1. The molecule has 1 aromatic heterocycles. The Morgan fingerprint density at radius 2 is 1.67 bits per heavy atom. The van der Waals surface area contributed by atoms with Gasteiger partial charge in [0.15, 0.2) is 12.4 Å². The van der Waals surface area contributed by atoms with Crippen LogP contribution < -0.4 is 19.9 Å². The molecule has 0 atom stereocenters. The predicted octanol–water partition coefficient (Wildman–Crippen LogP) is 1.67. The monoisotopic (exact) mass is 408 g/mol. The lowest BCUT2D eigenvalue weighted by molar-refractivity contribution is -0.133. The Morgan fingerprint density at radius 3 is 2.37 bits per heavy atom. The van der Waals surface area contributed by atoms with Gasteiger partial charge in [-0.25, -0.2) is 4.98 Å². The first-order valence-electron chi connectivity index (χ1n) is 9.82. The molecule has 1 aliphatic heterocycles. The molecule has 1 aliphatic rings. The maximum absolute atomic E-state index is 12.8. The van der Waals surface area contributed by atoms with Gasteiger partial charge in [0.25, 0.3) is 11.5 Å². The van der Waals surface area contributed by atoms with Gasteiger partial charge in [0.05, 0.1) is 18.1 Å². The van der Waals surface area contributed by atoms with Gasteiger partial charge >= 0.3 is 0 Å². The highest BCUT2D eigenvalue weighted by atomic mass is 16.5. The minimum Gasteiger partial charge on any atom is -0.497 e. The van der Waals surface area contributed by atoms with Gasteiger partial charge in [-0.1, -0.05) is 12.1 Å². The van der Waals surface area contributed by atoms with Gasteiger partial charge in [-0.2, -0.15) is 0 Å². The summed E-state index contributed by atoms with van der Waals surface area (Å²) in [6, 6.07) is 14.7. The average molecular weight is 408 g/mol. The summed E-state index contributed by atoms with van der Waals surface area (Å²) in [7, 11) is 3.36. The number of carbonyl (C=O) groups is 1.